The number of benzene rings is 2. The van der Waals surface area contributed by atoms with E-state index in [-0.39, 0.29) is 5.25 Å². The molecule has 0 aliphatic heterocycles. The van der Waals surface area contributed by atoms with Crippen LogP contribution in [0.2, 0.25) is 10.0 Å². The van der Waals surface area contributed by atoms with Crippen molar-refractivity contribution in [1.82, 2.24) is 9.55 Å². The first kappa shape index (κ1) is 19.5. The molecule has 8 heteroatoms. The van der Waals surface area contributed by atoms with Gasteiger partial charge in [-0.15, -0.1) is 0 Å². The standard InChI is InChI=1S/C18H13Cl3N2OS2/c19-13-7-5-12(6-8-13)16(17(21)23-10-9-22-11-23)26-18(25)24-15-4-2-1-3-14(15)20/h1-11,16-17H. The minimum Gasteiger partial charge on any atom is -0.438 e. The van der Waals surface area contributed by atoms with Crippen molar-refractivity contribution in [2.45, 2.75) is 10.8 Å². The molecule has 0 aliphatic rings. The van der Waals surface area contributed by atoms with Crippen LogP contribution in [-0.4, -0.2) is 13.9 Å². The van der Waals surface area contributed by atoms with Crippen molar-refractivity contribution in [3.05, 3.63) is 82.9 Å². The predicted octanol–water partition coefficient (Wildman–Crippen LogP) is 6.77. The normalized spacial score (nSPS) is 13.2. The van der Waals surface area contributed by atoms with Crippen molar-refractivity contribution in [2.75, 3.05) is 0 Å². The number of hydrogen-bond acceptors (Lipinski definition) is 4. The largest absolute Gasteiger partial charge is 0.438 e. The Morgan fingerprint density at radius 3 is 2.50 bits per heavy atom. The number of rotatable bonds is 5. The van der Waals surface area contributed by atoms with Crippen LogP contribution in [-0.2, 0) is 0 Å². The van der Waals surface area contributed by atoms with Gasteiger partial charge in [-0.3, -0.25) is 0 Å². The fraction of sp³-hybridized carbons (Fsp3) is 0.111. The first-order valence-electron chi connectivity index (χ1n) is 7.54. The Balaban J connectivity index is 1.82. The van der Waals surface area contributed by atoms with Crippen LogP contribution >= 0.6 is 58.8 Å². The van der Waals surface area contributed by atoms with Crippen molar-refractivity contribution in [3.63, 3.8) is 0 Å². The summed E-state index contributed by atoms with van der Waals surface area (Å²) in [5.41, 5.74) is 0.551. The predicted molar refractivity (Wildman–Crippen MR) is 114 cm³/mol. The lowest BCUT2D eigenvalue weighted by Crippen LogP contribution is -2.13. The number of imidazole rings is 1. The third-order valence-corrected chi connectivity index (χ3v) is 6.13. The van der Waals surface area contributed by atoms with Crippen LogP contribution in [0, 0.1) is 0 Å². The molecule has 0 aliphatic carbocycles. The molecule has 3 nitrogen and oxygen atoms in total. The van der Waals surface area contributed by atoms with E-state index in [9.17, 15) is 0 Å². The maximum Gasteiger partial charge on any atom is 0.226 e. The number of aromatic nitrogens is 2. The summed E-state index contributed by atoms with van der Waals surface area (Å²) in [6.45, 7) is 0. The van der Waals surface area contributed by atoms with Gasteiger partial charge < -0.3 is 9.30 Å². The van der Waals surface area contributed by atoms with Crippen LogP contribution in [0.1, 0.15) is 16.3 Å². The molecule has 2 atom stereocenters. The molecule has 0 fully saturated rings. The first-order chi connectivity index (χ1) is 12.5. The lowest BCUT2D eigenvalue weighted by molar-refractivity contribution is 0.577. The third-order valence-electron chi connectivity index (χ3n) is 3.51. The molecule has 2 unspecified atom stereocenters. The fourth-order valence-corrected chi connectivity index (χ4v) is 4.26. The number of alkyl halides is 1. The van der Waals surface area contributed by atoms with Crippen molar-refractivity contribution in [1.29, 1.82) is 0 Å². The van der Waals surface area contributed by atoms with Gasteiger partial charge >= 0.3 is 0 Å². The number of nitrogens with zero attached hydrogens (tertiary/aromatic N) is 2. The highest BCUT2D eigenvalue weighted by atomic mass is 35.5. The highest BCUT2D eigenvalue weighted by molar-refractivity contribution is 8.22. The van der Waals surface area contributed by atoms with Crippen molar-refractivity contribution in [2.24, 2.45) is 0 Å². The van der Waals surface area contributed by atoms with Gasteiger partial charge in [0.1, 0.15) is 11.3 Å². The summed E-state index contributed by atoms with van der Waals surface area (Å²) in [6, 6.07) is 14.7. The smallest absolute Gasteiger partial charge is 0.226 e. The van der Waals surface area contributed by atoms with Gasteiger partial charge in [-0.05, 0) is 42.0 Å². The second kappa shape index (κ2) is 9.11. The van der Waals surface area contributed by atoms with Crippen LogP contribution in [0.25, 0.3) is 0 Å². The Morgan fingerprint density at radius 1 is 1.12 bits per heavy atom. The first-order valence-corrected chi connectivity index (χ1v) is 10.0. The number of hydrogen-bond donors (Lipinski definition) is 0. The zero-order valence-corrected chi connectivity index (χ0v) is 17.2. The Morgan fingerprint density at radius 2 is 1.85 bits per heavy atom. The highest BCUT2D eigenvalue weighted by Crippen LogP contribution is 2.42. The van der Waals surface area contributed by atoms with Gasteiger partial charge in [-0.25, -0.2) is 4.98 Å². The second-order valence-electron chi connectivity index (χ2n) is 5.26. The van der Waals surface area contributed by atoms with Gasteiger partial charge in [0.2, 0.25) is 4.38 Å². The molecule has 3 rings (SSSR count). The van der Waals surface area contributed by atoms with Crippen molar-refractivity contribution >= 4 is 63.2 Å². The molecule has 3 aromatic rings. The molecule has 0 amide bonds. The van der Waals surface area contributed by atoms with E-state index in [1.807, 2.05) is 41.0 Å². The lowest BCUT2D eigenvalue weighted by Gasteiger charge is -2.23. The molecule has 0 saturated carbocycles. The number of halogens is 3. The maximum absolute atomic E-state index is 6.69. The van der Waals surface area contributed by atoms with Crippen LogP contribution in [0.5, 0.6) is 5.75 Å². The average molecular weight is 444 g/mol. The van der Waals surface area contributed by atoms with Crippen LogP contribution in [0.4, 0.5) is 0 Å². The molecule has 26 heavy (non-hydrogen) atoms. The molecule has 1 heterocycles. The second-order valence-corrected chi connectivity index (χ2v) is 8.29. The van der Waals surface area contributed by atoms with E-state index in [0.717, 1.165) is 5.56 Å². The van der Waals surface area contributed by atoms with E-state index in [0.29, 0.717) is 20.2 Å². The van der Waals surface area contributed by atoms with Gasteiger partial charge in [0.25, 0.3) is 0 Å². The zero-order chi connectivity index (χ0) is 18.5. The van der Waals surface area contributed by atoms with E-state index in [4.69, 9.17) is 51.8 Å². The third kappa shape index (κ3) is 4.93. The highest BCUT2D eigenvalue weighted by Gasteiger charge is 2.26. The molecule has 1 aromatic heterocycles. The van der Waals surface area contributed by atoms with E-state index in [1.54, 1.807) is 30.9 Å². The van der Waals surface area contributed by atoms with Gasteiger partial charge in [0.05, 0.1) is 16.6 Å². The fourth-order valence-electron chi connectivity index (χ4n) is 2.25. The average Bonchev–Trinajstić information content (AvgIpc) is 3.17. The van der Waals surface area contributed by atoms with Gasteiger partial charge in [-0.2, -0.15) is 0 Å². The summed E-state index contributed by atoms with van der Waals surface area (Å²) in [4.78, 5) is 4.06. The molecule has 0 saturated heterocycles. The zero-order valence-electron chi connectivity index (χ0n) is 13.3. The Hall–Kier alpha value is -1.24. The van der Waals surface area contributed by atoms with E-state index in [2.05, 4.69) is 4.98 Å². The molecule has 0 N–H and O–H groups in total. The summed E-state index contributed by atoms with van der Waals surface area (Å²) in [5.74, 6) is 0.510. The summed E-state index contributed by atoms with van der Waals surface area (Å²) in [7, 11) is 0. The quantitative estimate of drug-likeness (QED) is 0.321. The minimum atomic E-state index is -0.420. The number of thiocarbonyl (C=S) groups is 1. The minimum absolute atomic E-state index is 0.210. The van der Waals surface area contributed by atoms with Gasteiger partial charge in [-0.1, -0.05) is 70.8 Å². The lowest BCUT2D eigenvalue weighted by atomic mass is 10.1. The number of ether oxygens (including phenoxy) is 1. The summed E-state index contributed by atoms with van der Waals surface area (Å²) in [6.07, 6.45) is 5.15. The Labute approximate surface area is 176 Å². The summed E-state index contributed by atoms with van der Waals surface area (Å²) >= 11 is 25.6. The van der Waals surface area contributed by atoms with E-state index < -0.39 is 5.50 Å². The van der Waals surface area contributed by atoms with Gasteiger partial charge in [0.15, 0.2) is 0 Å². The van der Waals surface area contributed by atoms with Crippen molar-refractivity contribution in [3.8, 4) is 5.75 Å². The maximum atomic E-state index is 6.69. The molecule has 2 aromatic carbocycles. The molecular weight excluding hydrogens is 431 g/mol. The molecule has 0 bridgehead atoms. The summed E-state index contributed by atoms with van der Waals surface area (Å²) in [5, 5.41) is 0.940. The van der Waals surface area contributed by atoms with Crippen LogP contribution < -0.4 is 4.74 Å². The van der Waals surface area contributed by atoms with Crippen LogP contribution in [0.15, 0.2) is 67.3 Å². The molecular formula is C18H13Cl3N2OS2. The monoisotopic (exact) mass is 442 g/mol. The number of thioether (sulfide) groups is 1. The van der Waals surface area contributed by atoms with Gasteiger partial charge in [0, 0.05) is 17.4 Å². The summed E-state index contributed by atoms with van der Waals surface area (Å²) < 4.78 is 7.88. The van der Waals surface area contributed by atoms with E-state index >= 15 is 0 Å². The SMILES string of the molecule is S=C(Oc1ccccc1Cl)SC(c1ccc(Cl)cc1)C(Cl)n1ccnc1. The Bertz CT molecular complexity index is 872. The molecule has 134 valence electrons. The van der Waals surface area contributed by atoms with E-state index in [1.165, 1.54) is 11.8 Å². The van der Waals surface area contributed by atoms with Crippen LogP contribution in [0.3, 0.4) is 0 Å². The topological polar surface area (TPSA) is 27.1 Å². The Kier molecular flexibility index (Phi) is 6.84. The number of para-hydroxylation sites is 1. The molecule has 0 radical (unpaired) electrons. The van der Waals surface area contributed by atoms with Crippen molar-refractivity contribution < 1.29 is 4.74 Å². The molecule has 0 spiro atoms.